The number of pyridine rings is 1. The molecule has 1 unspecified atom stereocenters. The Morgan fingerprint density at radius 2 is 2.24 bits per heavy atom. The molecule has 0 aliphatic carbocycles. The topological polar surface area (TPSA) is 62.3 Å². The average molecular weight is 255 g/mol. The van der Waals surface area contributed by atoms with Crippen LogP contribution in [0.4, 0.5) is 11.4 Å². The summed E-state index contributed by atoms with van der Waals surface area (Å²) in [6.45, 7) is 2.47. The van der Waals surface area contributed by atoms with E-state index in [1.807, 2.05) is 20.0 Å². The Hall–Kier alpha value is -1.30. The Kier molecular flexibility index (Phi) is 3.24. The summed E-state index contributed by atoms with van der Waals surface area (Å²) in [5, 5.41) is 3.03. The first kappa shape index (κ1) is 12.2. The summed E-state index contributed by atoms with van der Waals surface area (Å²) in [6, 6.07) is 1.99. The van der Waals surface area contributed by atoms with Crippen molar-refractivity contribution < 1.29 is 8.42 Å². The molecule has 0 aromatic carbocycles. The highest BCUT2D eigenvalue weighted by molar-refractivity contribution is 7.91. The standard InChI is InChI=1S/C11H17N3O2S/c1-9-8-17(15,16)4-3-14(9)11-5-10(12-2)6-13-7-11/h5-7,9,12H,3-4,8H2,1-2H3. The smallest absolute Gasteiger partial charge is 0.154 e. The van der Waals surface area contributed by atoms with Gasteiger partial charge in [-0.2, -0.15) is 0 Å². The molecule has 17 heavy (non-hydrogen) atoms. The van der Waals surface area contributed by atoms with Crippen molar-refractivity contribution in [2.45, 2.75) is 13.0 Å². The lowest BCUT2D eigenvalue weighted by molar-refractivity contribution is 0.568. The third kappa shape index (κ3) is 2.69. The van der Waals surface area contributed by atoms with Gasteiger partial charge in [-0.15, -0.1) is 0 Å². The summed E-state index contributed by atoms with van der Waals surface area (Å²) in [7, 11) is -1.03. The Labute approximate surface area is 102 Å². The fourth-order valence-corrected chi connectivity index (χ4v) is 3.66. The molecular formula is C11H17N3O2S. The lowest BCUT2D eigenvalue weighted by atomic mass is 10.2. The highest BCUT2D eigenvalue weighted by atomic mass is 32.2. The highest BCUT2D eigenvalue weighted by Gasteiger charge is 2.28. The Morgan fingerprint density at radius 1 is 1.47 bits per heavy atom. The normalized spacial score (nSPS) is 23.4. The zero-order chi connectivity index (χ0) is 12.5. The van der Waals surface area contributed by atoms with Gasteiger partial charge in [0, 0.05) is 19.6 Å². The molecule has 1 aromatic heterocycles. The second-order valence-electron chi connectivity index (χ2n) is 4.34. The second kappa shape index (κ2) is 4.52. The van der Waals surface area contributed by atoms with Gasteiger partial charge in [0.25, 0.3) is 0 Å². The van der Waals surface area contributed by atoms with Crippen molar-refractivity contribution in [2.24, 2.45) is 0 Å². The minimum absolute atomic E-state index is 0.00246. The molecule has 1 atom stereocenters. The molecule has 1 aliphatic heterocycles. The van der Waals surface area contributed by atoms with Gasteiger partial charge in [-0.25, -0.2) is 8.42 Å². The molecule has 0 amide bonds. The van der Waals surface area contributed by atoms with E-state index >= 15 is 0 Å². The van der Waals surface area contributed by atoms with Crippen LogP contribution in [0.5, 0.6) is 0 Å². The molecule has 5 nitrogen and oxygen atoms in total. The van der Waals surface area contributed by atoms with Crippen molar-refractivity contribution in [1.29, 1.82) is 0 Å². The van der Waals surface area contributed by atoms with Gasteiger partial charge < -0.3 is 10.2 Å². The summed E-state index contributed by atoms with van der Waals surface area (Å²) in [6.07, 6.45) is 3.52. The van der Waals surface area contributed by atoms with E-state index in [-0.39, 0.29) is 17.5 Å². The number of hydrogen-bond acceptors (Lipinski definition) is 5. The zero-order valence-electron chi connectivity index (χ0n) is 10.0. The van der Waals surface area contributed by atoms with Crippen molar-refractivity contribution in [1.82, 2.24) is 4.98 Å². The van der Waals surface area contributed by atoms with Gasteiger partial charge >= 0.3 is 0 Å². The molecule has 1 fully saturated rings. The Balaban J connectivity index is 2.23. The molecule has 94 valence electrons. The predicted octanol–water partition coefficient (Wildman–Crippen LogP) is 0.747. The fraction of sp³-hybridized carbons (Fsp3) is 0.545. The van der Waals surface area contributed by atoms with Gasteiger partial charge in [-0.1, -0.05) is 0 Å². The first-order valence-corrected chi connectivity index (χ1v) is 7.44. The summed E-state index contributed by atoms with van der Waals surface area (Å²) >= 11 is 0. The molecule has 0 saturated carbocycles. The van der Waals surface area contributed by atoms with Crippen LogP contribution in [-0.4, -0.2) is 44.5 Å². The van der Waals surface area contributed by atoms with Crippen molar-refractivity contribution in [3.63, 3.8) is 0 Å². The van der Waals surface area contributed by atoms with Gasteiger partial charge in [0.1, 0.15) is 0 Å². The number of nitrogens with zero attached hydrogens (tertiary/aromatic N) is 2. The van der Waals surface area contributed by atoms with Gasteiger partial charge in [0.15, 0.2) is 9.84 Å². The van der Waals surface area contributed by atoms with Crippen LogP contribution in [0, 0.1) is 0 Å². The van der Waals surface area contributed by atoms with E-state index in [0.717, 1.165) is 11.4 Å². The molecule has 1 N–H and O–H groups in total. The van der Waals surface area contributed by atoms with Gasteiger partial charge in [-0.05, 0) is 13.0 Å². The number of anilines is 2. The van der Waals surface area contributed by atoms with Crippen LogP contribution >= 0.6 is 0 Å². The first-order valence-electron chi connectivity index (χ1n) is 5.62. The minimum Gasteiger partial charge on any atom is -0.387 e. The monoisotopic (exact) mass is 255 g/mol. The summed E-state index contributed by atoms with van der Waals surface area (Å²) in [5.74, 6) is 0.442. The number of hydrogen-bond donors (Lipinski definition) is 1. The van der Waals surface area contributed by atoms with Crippen LogP contribution in [0.1, 0.15) is 6.92 Å². The Morgan fingerprint density at radius 3 is 2.88 bits per heavy atom. The predicted molar refractivity (Wildman–Crippen MR) is 69.2 cm³/mol. The third-order valence-corrected chi connectivity index (χ3v) is 4.81. The molecule has 0 spiro atoms. The number of aromatic nitrogens is 1. The minimum atomic E-state index is -2.87. The largest absolute Gasteiger partial charge is 0.387 e. The lowest BCUT2D eigenvalue weighted by Crippen LogP contribution is -2.47. The van der Waals surface area contributed by atoms with E-state index in [0.29, 0.717) is 6.54 Å². The maximum atomic E-state index is 11.5. The summed E-state index contributed by atoms with van der Waals surface area (Å²) in [4.78, 5) is 6.24. The molecule has 6 heteroatoms. The van der Waals surface area contributed by atoms with Crippen LogP contribution in [-0.2, 0) is 9.84 Å². The van der Waals surface area contributed by atoms with E-state index in [9.17, 15) is 8.42 Å². The maximum Gasteiger partial charge on any atom is 0.154 e. The van der Waals surface area contributed by atoms with Crippen LogP contribution in [0.15, 0.2) is 18.5 Å². The van der Waals surface area contributed by atoms with Crippen molar-refractivity contribution in [2.75, 3.05) is 35.3 Å². The Bertz CT molecular complexity index is 501. The first-order chi connectivity index (χ1) is 8.02. The molecule has 2 rings (SSSR count). The average Bonchev–Trinajstić information content (AvgIpc) is 2.28. The van der Waals surface area contributed by atoms with Crippen LogP contribution < -0.4 is 10.2 Å². The summed E-state index contributed by atoms with van der Waals surface area (Å²) < 4.78 is 23.0. The lowest BCUT2D eigenvalue weighted by Gasteiger charge is -2.34. The quantitative estimate of drug-likeness (QED) is 0.845. The maximum absolute atomic E-state index is 11.5. The van der Waals surface area contributed by atoms with E-state index in [1.165, 1.54) is 0 Å². The molecule has 1 aromatic rings. The van der Waals surface area contributed by atoms with Crippen LogP contribution in [0.2, 0.25) is 0 Å². The molecule has 0 radical (unpaired) electrons. The van der Waals surface area contributed by atoms with Crippen molar-refractivity contribution >= 4 is 21.2 Å². The van der Waals surface area contributed by atoms with Gasteiger partial charge in [0.2, 0.25) is 0 Å². The zero-order valence-corrected chi connectivity index (χ0v) is 10.9. The number of sulfone groups is 1. The summed E-state index contributed by atoms with van der Waals surface area (Å²) in [5.41, 5.74) is 1.90. The molecule has 1 saturated heterocycles. The van der Waals surface area contributed by atoms with E-state index in [2.05, 4.69) is 15.2 Å². The number of nitrogens with one attached hydrogen (secondary N) is 1. The van der Waals surface area contributed by atoms with Crippen LogP contribution in [0.3, 0.4) is 0 Å². The molecule has 0 bridgehead atoms. The van der Waals surface area contributed by atoms with Gasteiger partial charge in [0.05, 0.1) is 35.3 Å². The van der Waals surface area contributed by atoms with Crippen LogP contribution in [0.25, 0.3) is 0 Å². The molecule has 2 heterocycles. The third-order valence-electron chi connectivity index (χ3n) is 3.01. The van der Waals surface area contributed by atoms with E-state index < -0.39 is 9.84 Å². The van der Waals surface area contributed by atoms with E-state index in [4.69, 9.17) is 0 Å². The fourth-order valence-electron chi connectivity index (χ4n) is 2.10. The number of rotatable bonds is 2. The highest BCUT2D eigenvalue weighted by Crippen LogP contribution is 2.23. The SMILES string of the molecule is CNc1cncc(N2CCS(=O)(=O)CC2C)c1. The molecule has 1 aliphatic rings. The van der Waals surface area contributed by atoms with E-state index in [1.54, 1.807) is 12.4 Å². The molecular weight excluding hydrogens is 238 g/mol. The van der Waals surface area contributed by atoms with Crippen molar-refractivity contribution in [3.05, 3.63) is 18.5 Å². The second-order valence-corrected chi connectivity index (χ2v) is 6.57. The van der Waals surface area contributed by atoms with Gasteiger partial charge in [-0.3, -0.25) is 4.98 Å². The van der Waals surface area contributed by atoms with Crippen molar-refractivity contribution in [3.8, 4) is 0 Å².